The maximum absolute atomic E-state index is 11.8. The lowest BCUT2D eigenvalue weighted by Gasteiger charge is -2.25. The summed E-state index contributed by atoms with van der Waals surface area (Å²) in [6.45, 7) is 7.40. The quantitative estimate of drug-likeness (QED) is 0.611. The maximum atomic E-state index is 11.8. The third-order valence-corrected chi connectivity index (χ3v) is 3.24. The second-order valence-corrected chi connectivity index (χ2v) is 5.15. The van der Waals surface area contributed by atoms with E-state index in [1.165, 1.54) is 0 Å². The fourth-order valence-corrected chi connectivity index (χ4v) is 2.04. The number of aromatic hydroxyl groups is 1. The fraction of sp³-hybridized carbons (Fsp3) is 0.353. The normalized spacial score (nSPS) is 10.9. The van der Waals surface area contributed by atoms with Crippen molar-refractivity contribution in [2.24, 2.45) is 0 Å². The molecule has 0 atom stereocenters. The average Bonchev–Trinajstić information content (AvgIpc) is 2.45. The van der Waals surface area contributed by atoms with Crippen LogP contribution in [-0.4, -0.2) is 28.3 Å². The van der Waals surface area contributed by atoms with Gasteiger partial charge >= 0.3 is 0 Å². The van der Waals surface area contributed by atoms with Crippen molar-refractivity contribution in [2.45, 2.75) is 31.3 Å². The number of benzene rings is 1. The van der Waals surface area contributed by atoms with E-state index in [9.17, 15) is 15.0 Å². The van der Waals surface area contributed by atoms with E-state index in [2.05, 4.69) is 18.5 Å². The van der Waals surface area contributed by atoms with E-state index in [1.54, 1.807) is 36.4 Å². The Morgan fingerprint density at radius 2 is 1.76 bits per heavy atom. The molecule has 3 N–H and O–H groups in total. The topological polar surface area (TPSA) is 69.6 Å². The monoisotopic (exact) mass is 289 g/mol. The first-order valence-electron chi connectivity index (χ1n) is 6.98. The van der Waals surface area contributed by atoms with Gasteiger partial charge in [0.15, 0.2) is 0 Å². The summed E-state index contributed by atoms with van der Waals surface area (Å²) >= 11 is 0. The van der Waals surface area contributed by atoms with Gasteiger partial charge < -0.3 is 15.5 Å². The van der Waals surface area contributed by atoms with Gasteiger partial charge in [-0.15, -0.1) is 13.2 Å². The number of amides is 1. The highest BCUT2D eigenvalue weighted by Gasteiger charge is 2.24. The van der Waals surface area contributed by atoms with Gasteiger partial charge in [0.2, 0.25) is 5.91 Å². The standard InChI is InChI=1S/C17H23NO3/c1-3-11-17(21,12-4-2)13-18-16(20)10-7-14-5-8-15(19)9-6-14/h3-6,8-9,19,21H,1-2,7,10-13H2,(H,18,20). The molecule has 1 rings (SSSR count). The van der Waals surface area contributed by atoms with Crippen LogP contribution in [0, 0.1) is 0 Å². The Morgan fingerprint density at radius 3 is 2.29 bits per heavy atom. The molecule has 114 valence electrons. The van der Waals surface area contributed by atoms with Crippen LogP contribution in [-0.2, 0) is 11.2 Å². The van der Waals surface area contributed by atoms with E-state index >= 15 is 0 Å². The van der Waals surface area contributed by atoms with Crippen LogP contribution in [0.1, 0.15) is 24.8 Å². The first kappa shape index (κ1) is 17.0. The van der Waals surface area contributed by atoms with Crippen LogP contribution in [0.2, 0.25) is 0 Å². The number of hydrogen-bond acceptors (Lipinski definition) is 3. The summed E-state index contributed by atoms with van der Waals surface area (Å²) in [4.78, 5) is 11.8. The second-order valence-electron chi connectivity index (χ2n) is 5.15. The predicted molar refractivity (Wildman–Crippen MR) is 84.0 cm³/mol. The molecule has 0 saturated heterocycles. The SMILES string of the molecule is C=CCC(O)(CC=C)CNC(=O)CCc1ccc(O)cc1. The largest absolute Gasteiger partial charge is 0.508 e. The molecule has 4 heteroatoms. The summed E-state index contributed by atoms with van der Waals surface area (Å²) in [5.74, 6) is 0.0942. The van der Waals surface area contributed by atoms with Gasteiger partial charge in [0.25, 0.3) is 0 Å². The Kier molecular flexibility index (Phi) is 6.69. The molecule has 0 aromatic heterocycles. The van der Waals surface area contributed by atoms with Gasteiger partial charge in [-0.1, -0.05) is 24.3 Å². The van der Waals surface area contributed by atoms with Gasteiger partial charge in [-0.2, -0.15) is 0 Å². The van der Waals surface area contributed by atoms with Gasteiger partial charge in [0, 0.05) is 13.0 Å². The van der Waals surface area contributed by atoms with Gasteiger partial charge in [0.05, 0.1) is 5.60 Å². The molecule has 1 aromatic rings. The molecule has 0 heterocycles. The second kappa shape index (κ2) is 8.27. The number of phenolic OH excluding ortho intramolecular Hbond substituents is 1. The number of phenols is 1. The molecule has 0 unspecified atom stereocenters. The Labute approximate surface area is 125 Å². The number of aryl methyl sites for hydroxylation is 1. The molecule has 0 aliphatic heterocycles. The molecule has 1 amide bonds. The lowest BCUT2D eigenvalue weighted by atomic mass is 9.95. The molecule has 0 fully saturated rings. The minimum Gasteiger partial charge on any atom is -0.508 e. The summed E-state index contributed by atoms with van der Waals surface area (Å²) in [5.41, 5.74) is -0.0343. The molecular weight excluding hydrogens is 266 g/mol. The Morgan fingerprint density at radius 1 is 1.19 bits per heavy atom. The lowest BCUT2D eigenvalue weighted by molar-refractivity contribution is -0.122. The van der Waals surface area contributed by atoms with E-state index < -0.39 is 5.60 Å². The van der Waals surface area contributed by atoms with E-state index in [0.717, 1.165) is 5.56 Å². The van der Waals surface area contributed by atoms with Crippen LogP contribution in [0.4, 0.5) is 0 Å². The molecule has 0 aliphatic carbocycles. The Bertz CT molecular complexity index is 469. The number of rotatable bonds is 9. The highest BCUT2D eigenvalue weighted by Crippen LogP contribution is 2.15. The Hall–Kier alpha value is -2.07. The number of carbonyl (C=O) groups is 1. The zero-order chi connectivity index (χ0) is 15.7. The molecular formula is C17H23NO3. The fourth-order valence-electron chi connectivity index (χ4n) is 2.04. The zero-order valence-electron chi connectivity index (χ0n) is 12.2. The first-order valence-corrected chi connectivity index (χ1v) is 6.98. The van der Waals surface area contributed by atoms with Crippen molar-refractivity contribution in [2.75, 3.05) is 6.54 Å². The van der Waals surface area contributed by atoms with Crippen molar-refractivity contribution in [3.63, 3.8) is 0 Å². The van der Waals surface area contributed by atoms with Crippen molar-refractivity contribution in [1.82, 2.24) is 5.32 Å². The van der Waals surface area contributed by atoms with Gasteiger partial charge in [0.1, 0.15) is 5.75 Å². The van der Waals surface area contributed by atoms with E-state index in [1.807, 2.05) is 0 Å². The van der Waals surface area contributed by atoms with Crippen LogP contribution < -0.4 is 5.32 Å². The van der Waals surface area contributed by atoms with Crippen LogP contribution >= 0.6 is 0 Å². The maximum Gasteiger partial charge on any atom is 0.220 e. The van der Waals surface area contributed by atoms with Crippen molar-refractivity contribution in [3.05, 3.63) is 55.1 Å². The minimum absolute atomic E-state index is 0.116. The van der Waals surface area contributed by atoms with Crippen LogP contribution in [0.5, 0.6) is 5.75 Å². The van der Waals surface area contributed by atoms with Crippen molar-refractivity contribution < 1.29 is 15.0 Å². The summed E-state index contributed by atoms with van der Waals surface area (Å²) in [7, 11) is 0. The van der Waals surface area contributed by atoms with Gasteiger partial charge in [-0.05, 0) is 37.0 Å². The van der Waals surface area contributed by atoms with E-state index in [-0.39, 0.29) is 18.2 Å². The van der Waals surface area contributed by atoms with Gasteiger partial charge in [-0.3, -0.25) is 4.79 Å². The number of nitrogens with one attached hydrogen (secondary N) is 1. The lowest BCUT2D eigenvalue weighted by Crippen LogP contribution is -2.42. The summed E-state index contributed by atoms with van der Waals surface area (Å²) in [6, 6.07) is 6.77. The third kappa shape index (κ3) is 6.27. The molecule has 4 nitrogen and oxygen atoms in total. The van der Waals surface area contributed by atoms with Crippen molar-refractivity contribution >= 4 is 5.91 Å². The summed E-state index contributed by atoms with van der Waals surface area (Å²) < 4.78 is 0. The van der Waals surface area contributed by atoms with Crippen molar-refractivity contribution in [1.29, 1.82) is 0 Å². The number of carbonyl (C=O) groups excluding carboxylic acids is 1. The number of hydrogen-bond donors (Lipinski definition) is 3. The van der Waals surface area contributed by atoms with E-state index in [4.69, 9.17) is 0 Å². The summed E-state index contributed by atoms with van der Waals surface area (Å²) in [6.07, 6.45) is 4.99. The first-order chi connectivity index (χ1) is 9.99. The molecule has 0 radical (unpaired) electrons. The third-order valence-electron chi connectivity index (χ3n) is 3.24. The van der Waals surface area contributed by atoms with Crippen LogP contribution in [0.15, 0.2) is 49.6 Å². The molecule has 1 aromatic carbocycles. The molecule has 0 aliphatic rings. The average molecular weight is 289 g/mol. The highest BCUT2D eigenvalue weighted by atomic mass is 16.3. The van der Waals surface area contributed by atoms with Crippen molar-refractivity contribution in [3.8, 4) is 5.75 Å². The molecule has 21 heavy (non-hydrogen) atoms. The highest BCUT2D eigenvalue weighted by molar-refractivity contribution is 5.76. The molecule has 0 saturated carbocycles. The minimum atomic E-state index is -1.02. The van der Waals surface area contributed by atoms with E-state index in [0.29, 0.717) is 25.7 Å². The van der Waals surface area contributed by atoms with Crippen LogP contribution in [0.25, 0.3) is 0 Å². The summed E-state index contributed by atoms with van der Waals surface area (Å²) in [5, 5.41) is 22.2. The van der Waals surface area contributed by atoms with Crippen LogP contribution in [0.3, 0.4) is 0 Å². The Balaban J connectivity index is 2.40. The van der Waals surface area contributed by atoms with Gasteiger partial charge in [-0.25, -0.2) is 0 Å². The zero-order valence-corrected chi connectivity index (χ0v) is 12.2. The number of aliphatic hydroxyl groups is 1. The molecule has 0 bridgehead atoms. The smallest absolute Gasteiger partial charge is 0.220 e. The predicted octanol–water partition coefficient (Wildman–Crippen LogP) is 2.32. The molecule has 0 spiro atoms.